The van der Waals surface area contributed by atoms with Crippen LogP contribution in [0.25, 0.3) is 0 Å². The molecule has 0 aromatic heterocycles. The van der Waals surface area contributed by atoms with Gasteiger partial charge < -0.3 is 5.73 Å². The summed E-state index contributed by atoms with van der Waals surface area (Å²) >= 11 is 3.47. The molecule has 28 heavy (non-hydrogen) atoms. The molecule has 5 nitrogen and oxygen atoms in total. The zero-order chi connectivity index (χ0) is 20.1. The molecule has 2 aliphatic rings. The number of sulfone groups is 1. The summed E-state index contributed by atoms with van der Waals surface area (Å²) in [5, 5.41) is 9.88. The number of halogens is 2. The van der Waals surface area contributed by atoms with E-state index in [9.17, 15) is 18.1 Å². The van der Waals surface area contributed by atoms with E-state index in [-0.39, 0.29) is 28.5 Å². The van der Waals surface area contributed by atoms with Crippen LogP contribution in [0.2, 0.25) is 0 Å². The van der Waals surface area contributed by atoms with Crippen LogP contribution < -0.4 is 10.6 Å². The van der Waals surface area contributed by atoms with Gasteiger partial charge in [0.2, 0.25) is 0 Å². The first-order valence-electron chi connectivity index (χ1n) is 8.51. The quantitative estimate of drug-likeness (QED) is 0.735. The Hall–Kier alpha value is -2.63. The molecular formula is C20H15BrFN3O2S. The van der Waals surface area contributed by atoms with E-state index in [0.29, 0.717) is 21.4 Å². The van der Waals surface area contributed by atoms with Gasteiger partial charge in [0.15, 0.2) is 9.84 Å². The van der Waals surface area contributed by atoms with E-state index in [1.165, 1.54) is 24.3 Å². The number of hydrogen-bond acceptors (Lipinski definition) is 5. The number of nitrogens with zero attached hydrogens (tertiary/aromatic N) is 2. The molecule has 0 saturated heterocycles. The SMILES string of the molecule is N#CC1=C(N)N(c2ccc(F)cc2)C2=C(C1c1ccccc1Br)S(=O)(=O)CC2. The molecule has 2 aromatic carbocycles. The van der Waals surface area contributed by atoms with Crippen molar-refractivity contribution in [1.29, 1.82) is 5.26 Å². The van der Waals surface area contributed by atoms with Gasteiger partial charge in [-0.1, -0.05) is 34.1 Å². The maximum atomic E-state index is 13.4. The normalized spacial score (nSPS) is 20.9. The van der Waals surface area contributed by atoms with Crippen LogP contribution in [0, 0.1) is 17.1 Å². The second-order valence-electron chi connectivity index (χ2n) is 6.56. The second kappa shape index (κ2) is 6.76. The molecule has 1 unspecified atom stereocenters. The predicted molar refractivity (Wildman–Crippen MR) is 108 cm³/mol. The van der Waals surface area contributed by atoms with Crippen LogP contribution in [0.1, 0.15) is 17.9 Å². The van der Waals surface area contributed by atoms with E-state index in [1.807, 2.05) is 6.07 Å². The average molecular weight is 460 g/mol. The highest BCUT2D eigenvalue weighted by atomic mass is 79.9. The Morgan fingerprint density at radius 2 is 1.86 bits per heavy atom. The van der Waals surface area contributed by atoms with E-state index in [4.69, 9.17) is 5.73 Å². The standard InChI is InChI=1S/C20H15BrFN3O2S/c21-16-4-2-1-3-14(16)18-15(11-23)20(24)25(13-7-5-12(22)6-8-13)17-9-10-28(26,27)19(17)18/h1-8,18H,9-10,24H2. The summed E-state index contributed by atoms with van der Waals surface area (Å²) in [6.07, 6.45) is 0.273. The molecule has 0 saturated carbocycles. The van der Waals surface area contributed by atoms with Crippen LogP contribution in [0.5, 0.6) is 0 Å². The molecule has 0 amide bonds. The monoisotopic (exact) mass is 459 g/mol. The van der Waals surface area contributed by atoms with Crippen LogP contribution in [-0.2, 0) is 9.84 Å². The summed E-state index contributed by atoms with van der Waals surface area (Å²) < 4.78 is 40.0. The van der Waals surface area contributed by atoms with Gasteiger partial charge in [-0.25, -0.2) is 12.8 Å². The molecule has 0 fully saturated rings. The lowest BCUT2D eigenvalue weighted by Crippen LogP contribution is -2.34. The highest BCUT2D eigenvalue weighted by Gasteiger charge is 2.45. The van der Waals surface area contributed by atoms with Crippen LogP contribution in [0.3, 0.4) is 0 Å². The third-order valence-corrected chi connectivity index (χ3v) is 7.59. The average Bonchev–Trinajstić information content (AvgIpc) is 2.97. The topological polar surface area (TPSA) is 87.2 Å². The number of rotatable bonds is 2. The van der Waals surface area contributed by atoms with E-state index < -0.39 is 21.6 Å². The molecule has 0 aliphatic carbocycles. The maximum absolute atomic E-state index is 13.4. The lowest BCUT2D eigenvalue weighted by atomic mass is 9.87. The molecule has 2 aliphatic heterocycles. The number of nitriles is 1. The van der Waals surface area contributed by atoms with Crippen molar-refractivity contribution in [1.82, 2.24) is 0 Å². The lowest BCUT2D eigenvalue weighted by molar-refractivity contribution is 0.602. The van der Waals surface area contributed by atoms with Crippen molar-refractivity contribution >= 4 is 31.5 Å². The van der Waals surface area contributed by atoms with Gasteiger partial charge >= 0.3 is 0 Å². The van der Waals surface area contributed by atoms with Crippen LogP contribution in [0.15, 0.2) is 75.0 Å². The van der Waals surface area contributed by atoms with E-state index in [1.54, 1.807) is 23.1 Å². The molecule has 0 spiro atoms. The Balaban J connectivity index is 2.01. The molecule has 2 aromatic rings. The fourth-order valence-corrected chi connectivity index (χ4v) is 6.12. The molecule has 142 valence electrons. The van der Waals surface area contributed by atoms with Crippen molar-refractivity contribution in [2.45, 2.75) is 12.3 Å². The van der Waals surface area contributed by atoms with Gasteiger partial charge in [-0.3, -0.25) is 4.90 Å². The van der Waals surface area contributed by atoms with Gasteiger partial charge in [-0.15, -0.1) is 0 Å². The molecule has 0 bridgehead atoms. The third-order valence-electron chi connectivity index (χ3n) is 4.99. The first-order chi connectivity index (χ1) is 13.3. The van der Waals surface area contributed by atoms with Crippen molar-refractivity contribution in [3.8, 4) is 6.07 Å². The molecular weight excluding hydrogens is 445 g/mol. The minimum absolute atomic E-state index is 0.0533. The molecule has 2 heterocycles. The van der Waals surface area contributed by atoms with E-state index >= 15 is 0 Å². The highest BCUT2D eigenvalue weighted by Crippen LogP contribution is 2.49. The summed E-state index contributed by atoms with van der Waals surface area (Å²) in [4.78, 5) is 1.75. The molecule has 1 atom stereocenters. The van der Waals surface area contributed by atoms with E-state index in [0.717, 1.165) is 0 Å². The van der Waals surface area contributed by atoms with E-state index in [2.05, 4.69) is 22.0 Å². The minimum atomic E-state index is -3.57. The highest BCUT2D eigenvalue weighted by molar-refractivity contribution is 9.10. The van der Waals surface area contributed by atoms with Crippen molar-refractivity contribution in [3.63, 3.8) is 0 Å². The van der Waals surface area contributed by atoms with Crippen molar-refractivity contribution in [2.75, 3.05) is 10.7 Å². The summed E-state index contributed by atoms with van der Waals surface area (Å²) in [7, 11) is -3.57. The summed E-state index contributed by atoms with van der Waals surface area (Å²) in [6.45, 7) is 0. The number of allylic oxidation sites excluding steroid dienone is 3. The van der Waals surface area contributed by atoms with Crippen molar-refractivity contribution in [3.05, 3.63) is 86.4 Å². The fraction of sp³-hybridized carbons (Fsp3) is 0.150. The Kier molecular flexibility index (Phi) is 4.52. The largest absolute Gasteiger partial charge is 0.384 e. The molecule has 0 radical (unpaired) electrons. The predicted octanol–water partition coefficient (Wildman–Crippen LogP) is 3.92. The number of nitrogens with two attached hydrogens (primary N) is 1. The van der Waals surface area contributed by atoms with Gasteiger partial charge in [0.25, 0.3) is 0 Å². The zero-order valence-corrected chi connectivity index (χ0v) is 17.0. The minimum Gasteiger partial charge on any atom is -0.384 e. The summed E-state index contributed by atoms with van der Waals surface area (Å²) in [5.74, 6) is -1.09. The first-order valence-corrected chi connectivity index (χ1v) is 11.0. The van der Waals surface area contributed by atoms with Gasteiger partial charge in [-0.05, 0) is 35.9 Å². The Bertz CT molecular complexity index is 1180. The smallest absolute Gasteiger partial charge is 0.177 e. The second-order valence-corrected chi connectivity index (χ2v) is 9.49. The number of benzene rings is 2. The third kappa shape index (κ3) is 2.82. The van der Waals surface area contributed by atoms with Gasteiger partial charge in [-0.2, -0.15) is 5.26 Å². The van der Waals surface area contributed by atoms with Crippen LogP contribution in [-0.4, -0.2) is 14.2 Å². The molecule has 4 rings (SSSR count). The zero-order valence-electron chi connectivity index (χ0n) is 14.6. The Morgan fingerprint density at radius 3 is 2.50 bits per heavy atom. The first kappa shape index (κ1) is 18.7. The fourth-order valence-electron chi connectivity index (χ4n) is 3.77. The summed E-state index contributed by atoms with van der Waals surface area (Å²) in [5.41, 5.74) is 8.24. The van der Waals surface area contributed by atoms with Crippen molar-refractivity contribution in [2.24, 2.45) is 5.73 Å². The number of anilines is 1. The summed E-state index contributed by atoms with van der Waals surface area (Å²) in [6, 6.07) is 14.9. The lowest BCUT2D eigenvalue weighted by Gasteiger charge is -2.35. The van der Waals surface area contributed by atoms with Crippen LogP contribution in [0.4, 0.5) is 10.1 Å². The van der Waals surface area contributed by atoms with Gasteiger partial charge in [0, 0.05) is 22.3 Å². The molecule has 8 heteroatoms. The maximum Gasteiger partial charge on any atom is 0.177 e. The van der Waals surface area contributed by atoms with Gasteiger partial charge in [0.1, 0.15) is 11.6 Å². The number of hydrogen-bond donors (Lipinski definition) is 1. The van der Waals surface area contributed by atoms with Crippen molar-refractivity contribution < 1.29 is 12.8 Å². The molecule has 2 N–H and O–H groups in total. The Morgan fingerprint density at radius 1 is 1.18 bits per heavy atom. The van der Waals surface area contributed by atoms with Gasteiger partial charge in [0.05, 0.1) is 28.2 Å². The van der Waals surface area contributed by atoms with Crippen LogP contribution >= 0.6 is 15.9 Å². The Labute approximate surface area is 170 Å².